The van der Waals surface area contributed by atoms with Gasteiger partial charge in [-0.05, 0) is 93.1 Å². The molecule has 0 aromatic heterocycles. The molecule has 0 heterocycles. The van der Waals surface area contributed by atoms with E-state index in [1.54, 1.807) is 5.57 Å². The van der Waals surface area contributed by atoms with Gasteiger partial charge in [-0.3, -0.25) is 0 Å². The molecule has 0 aliphatic heterocycles. The number of rotatable bonds is 6. The minimum absolute atomic E-state index is 0.374. The maximum atomic E-state index is 10.1. The first-order chi connectivity index (χ1) is 14.0. The molecule has 3 fully saturated rings. The number of fused-ring (bicyclic) bond motifs is 1. The van der Waals surface area contributed by atoms with Gasteiger partial charge in [0.1, 0.15) is 0 Å². The van der Waals surface area contributed by atoms with E-state index in [1.165, 1.54) is 38.5 Å². The molecule has 3 aliphatic rings. The lowest BCUT2D eigenvalue weighted by molar-refractivity contribution is 0.0596. The zero-order chi connectivity index (χ0) is 22.1. The number of aliphatic hydroxyl groups is 3. The Hall–Kier alpha value is -0.900. The van der Waals surface area contributed by atoms with Gasteiger partial charge in [0.15, 0.2) is 0 Å². The predicted octanol–water partition coefficient (Wildman–Crippen LogP) is 5.70. The minimum Gasteiger partial charge on any atom is -0.393 e. The smallest absolute Gasteiger partial charge is 0.0811 e. The predicted molar refractivity (Wildman–Crippen MR) is 124 cm³/mol. The maximum Gasteiger partial charge on any atom is 0.0811 e. The van der Waals surface area contributed by atoms with Crippen LogP contribution in [0.25, 0.3) is 0 Å². The molecule has 0 spiro atoms. The normalized spacial score (nSPS) is 38.8. The van der Waals surface area contributed by atoms with Crippen LogP contribution in [0, 0.1) is 23.2 Å². The number of hydrogen-bond donors (Lipinski definition) is 3. The summed E-state index contributed by atoms with van der Waals surface area (Å²) in [4.78, 5) is 0. The largest absolute Gasteiger partial charge is 0.393 e. The van der Waals surface area contributed by atoms with Crippen LogP contribution in [-0.4, -0.2) is 33.1 Å². The Balaban J connectivity index is 1.70. The second-order valence-electron chi connectivity index (χ2n) is 11.3. The molecular weight excluding hydrogens is 372 g/mol. The molecule has 0 bridgehead atoms. The first-order valence-electron chi connectivity index (χ1n) is 12.2. The molecule has 3 heteroatoms. The molecular formula is C27H44O3. The summed E-state index contributed by atoms with van der Waals surface area (Å²) >= 11 is 0. The third-order valence-corrected chi connectivity index (χ3v) is 8.44. The third-order valence-electron chi connectivity index (χ3n) is 8.44. The Kier molecular flexibility index (Phi) is 7.37. The van der Waals surface area contributed by atoms with Crippen molar-refractivity contribution in [3.05, 3.63) is 35.5 Å². The lowest BCUT2D eigenvalue weighted by Crippen LogP contribution is -2.36. The molecule has 0 aromatic rings. The zero-order valence-electron chi connectivity index (χ0n) is 19.7. The van der Waals surface area contributed by atoms with Gasteiger partial charge in [-0.2, -0.15) is 0 Å². The fourth-order valence-corrected chi connectivity index (χ4v) is 6.74. The molecule has 0 saturated heterocycles. The molecule has 0 aromatic carbocycles. The van der Waals surface area contributed by atoms with Gasteiger partial charge in [-0.25, -0.2) is 0 Å². The average molecular weight is 417 g/mol. The Morgan fingerprint density at radius 3 is 2.67 bits per heavy atom. The van der Waals surface area contributed by atoms with E-state index in [1.807, 2.05) is 13.8 Å². The molecule has 6 atom stereocenters. The van der Waals surface area contributed by atoms with E-state index in [2.05, 4.69) is 32.6 Å². The summed E-state index contributed by atoms with van der Waals surface area (Å²) < 4.78 is 0. The van der Waals surface area contributed by atoms with Crippen LogP contribution in [0.15, 0.2) is 35.5 Å². The summed E-state index contributed by atoms with van der Waals surface area (Å²) in [6, 6.07) is 0. The van der Waals surface area contributed by atoms with Gasteiger partial charge >= 0.3 is 0 Å². The fraction of sp³-hybridized carbons (Fsp3) is 0.778. The van der Waals surface area contributed by atoms with E-state index in [-0.39, 0.29) is 0 Å². The summed E-state index contributed by atoms with van der Waals surface area (Å²) in [6.07, 6.45) is 13.9. The highest BCUT2D eigenvalue weighted by Crippen LogP contribution is 2.60. The summed E-state index contributed by atoms with van der Waals surface area (Å²) in [5.41, 5.74) is 3.17. The summed E-state index contributed by atoms with van der Waals surface area (Å²) in [6.45, 7) is 12.8. The van der Waals surface area contributed by atoms with Gasteiger partial charge in [-0.1, -0.05) is 51.0 Å². The van der Waals surface area contributed by atoms with E-state index in [0.29, 0.717) is 30.1 Å². The van der Waals surface area contributed by atoms with Crippen LogP contribution in [0.3, 0.4) is 0 Å². The molecule has 0 amide bonds. The molecule has 30 heavy (non-hydrogen) atoms. The Morgan fingerprint density at radius 1 is 1.23 bits per heavy atom. The summed E-state index contributed by atoms with van der Waals surface area (Å²) in [7, 11) is 0. The van der Waals surface area contributed by atoms with Crippen LogP contribution >= 0.6 is 0 Å². The summed E-state index contributed by atoms with van der Waals surface area (Å²) in [5.74, 6) is 2.11. The van der Waals surface area contributed by atoms with Crippen molar-refractivity contribution in [2.24, 2.45) is 23.2 Å². The fourth-order valence-electron chi connectivity index (χ4n) is 6.74. The molecule has 3 rings (SSSR count). The lowest BCUT2D eigenvalue weighted by atomic mass is 9.60. The van der Waals surface area contributed by atoms with E-state index in [0.717, 1.165) is 29.9 Å². The highest BCUT2D eigenvalue weighted by Gasteiger charge is 2.50. The third kappa shape index (κ3) is 5.29. The van der Waals surface area contributed by atoms with Gasteiger partial charge in [0.25, 0.3) is 0 Å². The molecule has 0 radical (unpaired) electrons. The van der Waals surface area contributed by atoms with E-state index in [4.69, 9.17) is 0 Å². The molecule has 3 aliphatic carbocycles. The van der Waals surface area contributed by atoms with Gasteiger partial charge in [0.05, 0.1) is 17.8 Å². The monoisotopic (exact) mass is 416 g/mol. The average Bonchev–Trinajstić information content (AvgIpc) is 3.00. The SMILES string of the molecule is C=C1/C(=C\C=C2/CCC[C@@]3(C)C2CC[C@@H]3[C@H](C)CCCC(C)(C)O)C[C@@H](O)CC1O. The first-order valence-corrected chi connectivity index (χ1v) is 12.2. The van der Waals surface area contributed by atoms with Crippen LogP contribution in [0.4, 0.5) is 0 Å². The van der Waals surface area contributed by atoms with Crippen LogP contribution < -0.4 is 0 Å². The Morgan fingerprint density at radius 2 is 1.97 bits per heavy atom. The Bertz CT molecular complexity index is 683. The molecule has 3 saturated carbocycles. The van der Waals surface area contributed by atoms with Crippen LogP contribution in [0.1, 0.15) is 91.9 Å². The standard InChI is InChI=1S/C27H44O3/c1-18(8-6-14-26(3,4)30)23-12-13-24-20(9-7-15-27(23,24)5)10-11-21-16-22(28)17-25(29)19(21)2/h10-11,18,22-25,28-30H,2,6-9,12-17H2,1,3-5H3/b20-10+,21-11-/t18-,22-,23-,24?,25?,27-/m1/s1. The highest BCUT2D eigenvalue weighted by atomic mass is 16.3. The van der Waals surface area contributed by atoms with Crippen molar-refractivity contribution in [1.29, 1.82) is 0 Å². The number of allylic oxidation sites excluding steroid dienone is 3. The van der Waals surface area contributed by atoms with Crippen molar-refractivity contribution in [2.45, 2.75) is 110 Å². The minimum atomic E-state index is -0.615. The zero-order valence-corrected chi connectivity index (χ0v) is 19.7. The highest BCUT2D eigenvalue weighted by molar-refractivity contribution is 5.38. The van der Waals surface area contributed by atoms with E-state index >= 15 is 0 Å². The Labute approximate surface area is 184 Å². The van der Waals surface area contributed by atoms with Gasteiger partial charge < -0.3 is 15.3 Å². The van der Waals surface area contributed by atoms with Crippen LogP contribution in [0.5, 0.6) is 0 Å². The molecule has 3 nitrogen and oxygen atoms in total. The van der Waals surface area contributed by atoms with Crippen molar-refractivity contribution >= 4 is 0 Å². The number of aliphatic hydroxyl groups excluding tert-OH is 2. The van der Waals surface area contributed by atoms with E-state index < -0.39 is 17.8 Å². The quantitative estimate of drug-likeness (QED) is 0.520. The second-order valence-corrected chi connectivity index (χ2v) is 11.3. The topological polar surface area (TPSA) is 60.7 Å². The van der Waals surface area contributed by atoms with Gasteiger partial charge in [0, 0.05) is 6.42 Å². The lowest BCUT2D eigenvalue weighted by Gasteiger charge is -2.44. The van der Waals surface area contributed by atoms with E-state index in [9.17, 15) is 15.3 Å². The van der Waals surface area contributed by atoms with Crippen molar-refractivity contribution in [3.63, 3.8) is 0 Å². The van der Waals surface area contributed by atoms with Gasteiger partial charge in [-0.15, -0.1) is 0 Å². The van der Waals surface area contributed by atoms with Crippen LogP contribution in [0.2, 0.25) is 0 Å². The van der Waals surface area contributed by atoms with Crippen molar-refractivity contribution in [2.75, 3.05) is 0 Å². The van der Waals surface area contributed by atoms with Crippen molar-refractivity contribution in [3.8, 4) is 0 Å². The molecule has 170 valence electrons. The number of hydrogen-bond acceptors (Lipinski definition) is 3. The maximum absolute atomic E-state index is 10.1. The first kappa shape index (κ1) is 23.8. The molecule has 3 N–H and O–H groups in total. The second kappa shape index (κ2) is 9.30. The van der Waals surface area contributed by atoms with Crippen molar-refractivity contribution in [1.82, 2.24) is 0 Å². The molecule has 2 unspecified atom stereocenters. The van der Waals surface area contributed by atoms with Gasteiger partial charge in [0.2, 0.25) is 0 Å². The van der Waals surface area contributed by atoms with Crippen molar-refractivity contribution < 1.29 is 15.3 Å². The summed E-state index contributed by atoms with van der Waals surface area (Å²) in [5, 5.41) is 30.2. The van der Waals surface area contributed by atoms with Crippen LogP contribution in [-0.2, 0) is 0 Å².